The lowest BCUT2D eigenvalue weighted by atomic mass is 10.1. The second kappa shape index (κ2) is 37.8. The first-order valence-corrected chi connectivity index (χ1v) is 27.7. The van der Waals surface area contributed by atoms with Crippen molar-refractivity contribution in [1.82, 2.24) is 66.2 Å². The fourth-order valence-corrected chi connectivity index (χ4v) is 8.85. The van der Waals surface area contributed by atoms with E-state index in [1.807, 2.05) is 107 Å². The van der Waals surface area contributed by atoms with E-state index in [4.69, 9.17) is 15.7 Å². The monoisotopic (exact) mass is 1280 g/mol. The topological polar surface area (TPSA) is 275 Å². The third-order valence-electron chi connectivity index (χ3n) is 9.42. The van der Waals surface area contributed by atoms with Gasteiger partial charge in [-0.25, -0.2) is 25.4 Å². The molecule has 5 N–H and O–H groups in total. The zero-order chi connectivity index (χ0) is 53.2. The lowest BCUT2D eigenvalue weighted by molar-refractivity contribution is -0.143. The molecule has 8 aromatic rings. The van der Waals surface area contributed by atoms with Gasteiger partial charge in [-0.15, -0.1) is 64.8 Å². The van der Waals surface area contributed by atoms with Crippen LogP contribution in [0.15, 0.2) is 102 Å². The van der Waals surface area contributed by atoms with E-state index in [0.717, 1.165) is 122 Å². The highest BCUT2D eigenvalue weighted by atomic mass is 127. The van der Waals surface area contributed by atoms with Crippen LogP contribution in [-0.2, 0) is 14.3 Å². The average Bonchev–Trinajstić information content (AvgIpc) is 4.24. The quantitative estimate of drug-likeness (QED) is 0.0130. The van der Waals surface area contributed by atoms with Crippen LogP contribution in [0, 0.1) is 27.7 Å². The van der Waals surface area contributed by atoms with Crippen molar-refractivity contribution in [2.24, 2.45) is 0 Å². The number of halogens is 2. The summed E-state index contributed by atoms with van der Waals surface area (Å²) in [6.45, 7) is 11.6. The normalized spacial score (nSPS) is 10.0. The Morgan fingerprint density at radius 1 is 0.587 bits per heavy atom. The molecule has 0 radical (unpaired) electrons. The van der Waals surface area contributed by atoms with Crippen molar-refractivity contribution in [3.63, 3.8) is 0 Å². The SMILES string of the molecule is Brc1ccccn1.CCOC(=O)CCCCCCN(c1ccccn1)c1nnc(C)s1.Cc1nnc(N(CCCCCCC(=O)NO)c2ccccn2)s1.Cc1nnc(N)s1.Cc1nnc(Nc2ccccn2)s1.I. The van der Waals surface area contributed by atoms with Crippen molar-refractivity contribution in [2.45, 2.75) is 98.8 Å². The Hall–Kier alpha value is -5.85. The summed E-state index contributed by atoms with van der Waals surface area (Å²) in [5, 5.41) is 49.9. The minimum Gasteiger partial charge on any atom is -0.466 e. The number of hydrogen-bond acceptors (Lipinski definition) is 24. The number of rotatable bonds is 21. The molecule has 0 saturated carbocycles. The number of ether oxygens (including phenoxy) is 1. The summed E-state index contributed by atoms with van der Waals surface area (Å²) in [5.41, 5.74) is 6.87. The van der Waals surface area contributed by atoms with Gasteiger partial charge in [0.2, 0.25) is 26.4 Å². The number of unbranched alkanes of at least 4 members (excludes halogenated alkanes) is 6. The molecule has 0 aliphatic carbocycles. The maximum atomic E-state index is 11.3. The molecule has 27 heteroatoms. The first-order chi connectivity index (χ1) is 35.9. The molecule has 0 atom stereocenters. The van der Waals surface area contributed by atoms with Gasteiger partial charge in [0, 0.05) is 50.7 Å². The summed E-state index contributed by atoms with van der Waals surface area (Å²) in [6, 6.07) is 23.0. The van der Waals surface area contributed by atoms with Gasteiger partial charge in [0.25, 0.3) is 0 Å². The van der Waals surface area contributed by atoms with Gasteiger partial charge in [-0.05, 0) is 125 Å². The lowest BCUT2D eigenvalue weighted by Gasteiger charge is -2.20. The first-order valence-electron chi connectivity index (χ1n) is 23.6. The van der Waals surface area contributed by atoms with Crippen molar-refractivity contribution in [1.29, 1.82) is 0 Å². The standard InChI is InChI=1S/C17H24N4O2S.C15H21N5O2S.C8H8N4S.C5H4BrN.C3H5N3S.HI/c1-3-23-16(22)11-6-4-5-9-13-21(15-10-7-8-12-18-15)17-20-19-14(2)24-17;1-12-17-18-15(23-12)20(13-8-5-6-10-16-13)11-7-3-2-4-9-14(21)19-22;1-6-11-12-8(13-6)10-7-4-2-3-5-9-7;6-5-3-1-2-4-7-5;1-2-5-6-3(4)7-2;/h7-8,10,12H,3-6,9,11,13H2,1-2H3;5-6,8,10,22H,2-4,7,9,11H2,1H3,(H,19,21);2-5H,1H3,(H,9,10,12);1-4H;1H3,(H2,4,6);1H. The fourth-order valence-electron chi connectivity index (χ4n) is 6.07. The zero-order valence-electron chi connectivity index (χ0n) is 42.4. The molecule has 0 aromatic carbocycles. The highest BCUT2D eigenvalue weighted by Crippen LogP contribution is 2.28. The molecule has 8 heterocycles. The molecule has 0 unspecified atom stereocenters. The third kappa shape index (κ3) is 27.0. The molecule has 0 aliphatic rings. The smallest absolute Gasteiger partial charge is 0.305 e. The predicted octanol–water partition coefficient (Wildman–Crippen LogP) is 11.6. The van der Waals surface area contributed by atoms with E-state index in [0.29, 0.717) is 24.6 Å². The number of esters is 1. The molecule has 0 saturated heterocycles. The molecule has 0 bridgehead atoms. The minimum atomic E-state index is -0.329. The summed E-state index contributed by atoms with van der Waals surface area (Å²) in [5.74, 6) is 2.11. The van der Waals surface area contributed by atoms with Gasteiger partial charge in [-0.2, -0.15) is 0 Å². The number of amides is 1. The second-order valence-corrected chi connectivity index (χ2v) is 20.9. The van der Waals surface area contributed by atoms with Crippen molar-refractivity contribution < 1.29 is 19.5 Å². The number of aryl methyl sites for hydroxylation is 4. The Morgan fingerprint density at radius 2 is 1.07 bits per heavy atom. The van der Waals surface area contributed by atoms with Gasteiger partial charge in [-0.1, -0.05) is 95.3 Å². The number of carbonyl (C=O) groups excluding carboxylic acids is 2. The Kier molecular flexibility index (Phi) is 32.0. The number of nitrogen functional groups attached to an aromatic ring is 1. The summed E-state index contributed by atoms with van der Waals surface area (Å²) < 4.78 is 5.82. The van der Waals surface area contributed by atoms with Crippen LogP contribution in [0.5, 0.6) is 0 Å². The van der Waals surface area contributed by atoms with E-state index < -0.39 is 0 Å². The molecule has 8 rings (SSSR count). The number of nitrogens with one attached hydrogen (secondary N) is 2. The molecule has 8 aromatic heterocycles. The van der Waals surface area contributed by atoms with Crippen LogP contribution >= 0.6 is 85.3 Å². The largest absolute Gasteiger partial charge is 0.466 e. The van der Waals surface area contributed by atoms with Crippen LogP contribution in [0.25, 0.3) is 0 Å². The minimum absolute atomic E-state index is 0. The number of pyridine rings is 4. The van der Waals surface area contributed by atoms with E-state index in [9.17, 15) is 9.59 Å². The van der Waals surface area contributed by atoms with Crippen LogP contribution in [-0.4, -0.2) is 97.5 Å². The van der Waals surface area contributed by atoms with Crippen molar-refractivity contribution in [2.75, 3.05) is 40.5 Å². The molecule has 0 aliphatic heterocycles. The van der Waals surface area contributed by atoms with Crippen LogP contribution in [0.1, 0.15) is 91.2 Å². The fraction of sp³-hybridized carbons (Fsp3) is 0.375. The maximum Gasteiger partial charge on any atom is 0.305 e. The number of hydrogen-bond donors (Lipinski definition) is 4. The summed E-state index contributed by atoms with van der Waals surface area (Å²) in [6.07, 6.45) is 15.5. The predicted molar refractivity (Wildman–Crippen MR) is 313 cm³/mol. The molecular formula is C48H63BrIN17O4S4. The number of hydroxylamine groups is 1. The summed E-state index contributed by atoms with van der Waals surface area (Å²) in [4.78, 5) is 43.3. The number of aromatic nitrogens is 12. The molecule has 1 amide bonds. The van der Waals surface area contributed by atoms with E-state index in [-0.39, 0.29) is 35.9 Å². The van der Waals surface area contributed by atoms with Crippen molar-refractivity contribution in [3.8, 4) is 0 Å². The van der Waals surface area contributed by atoms with Crippen LogP contribution in [0.3, 0.4) is 0 Å². The van der Waals surface area contributed by atoms with Crippen molar-refractivity contribution >= 4 is 135 Å². The Bertz CT molecular complexity index is 2710. The summed E-state index contributed by atoms with van der Waals surface area (Å²) >= 11 is 9.23. The number of carbonyl (C=O) groups is 2. The van der Waals surface area contributed by atoms with E-state index >= 15 is 0 Å². The lowest BCUT2D eigenvalue weighted by Crippen LogP contribution is -2.19. The number of nitrogens with two attached hydrogens (primary N) is 1. The van der Waals surface area contributed by atoms with E-state index in [1.165, 1.54) is 22.7 Å². The molecule has 0 fully saturated rings. The highest BCUT2D eigenvalue weighted by molar-refractivity contribution is 14.0. The molecular weight excluding hydrogens is 1210 g/mol. The van der Waals surface area contributed by atoms with Gasteiger partial charge in [0.1, 0.15) is 42.1 Å². The summed E-state index contributed by atoms with van der Waals surface area (Å²) in [7, 11) is 0. The Balaban J connectivity index is 0.000000266. The van der Waals surface area contributed by atoms with Gasteiger partial charge >= 0.3 is 5.97 Å². The Morgan fingerprint density at radius 3 is 1.44 bits per heavy atom. The Labute approximate surface area is 478 Å². The average molecular weight is 1280 g/mol. The molecule has 21 nitrogen and oxygen atoms in total. The molecule has 402 valence electrons. The van der Waals surface area contributed by atoms with E-state index in [2.05, 4.69) is 91.8 Å². The number of nitrogens with zero attached hydrogens (tertiary/aromatic N) is 14. The van der Waals surface area contributed by atoms with Gasteiger partial charge in [0.15, 0.2) is 0 Å². The second-order valence-electron chi connectivity index (χ2n) is 15.3. The highest BCUT2D eigenvalue weighted by Gasteiger charge is 2.16. The number of anilines is 7. The maximum absolute atomic E-state index is 11.3. The zero-order valence-corrected chi connectivity index (χ0v) is 49.5. The van der Waals surface area contributed by atoms with Crippen LogP contribution in [0.4, 0.5) is 38.0 Å². The molecule has 0 spiro atoms. The third-order valence-corrected chi connectivity index (χ3v) is 13.0. The van der Waals surface area contributed by atoms with Crippen LogP contribution in [0.2, 0.25) is 0 Å². The van der Waals surface area contributed by atoms with Gasteiger partial charge in [0.05, 0.1) is 6.61 Å². The first kappa shape index (κ1) is 63.4. The van der Waals surface area contributed by atoms with Crippen molar-refractivity contribution in [3.05, 3.63) is 122 Å². The molecule has 75 heavy (non-hydrogen) atoms. The van der Waals surface area contributed by atoms with Crippen LogP contribution < -0.4 is 26.3 Å². The van der Waals surface area contributed by atoms with E-state index in [1.54, 1.807) is 52.9 Å². The van der Waals surface area contributed by atoms with Gasteiger partial charge < -0.3 is 25.6 Å². The van der Waals surface area contributed by atoms with Gasteiger partial charge in [-0.3, -0.25) is 14.8 Å².